The molecule has 0 aromatic carbocycles. The molecule has 2 fully saturated rings. The molecule has 2 aliphatic rings. The van der Waals surface area contributed by atoms with E-state index >= 15 is 0 Å². The normalized spacial score (nSPS) is 28.3. The van der Waals surface area contributed by atoms with Crippen molar-refractivity contribution in [3.63, 3.8) is 0 Å². The van der Waals surface area contributed by atoms with Crippen LogP contribution in [0.25, 0.3) is 0 Å². The Balaban J connectivity index is 1.84. The molecule has 2 aliphatic heterocycles. The summed E-state index contributed by atoms with van der Waals surface area (Å²) < 4.78 is 32.0. The molecule has 9 heteroatoms. The van der Waals surface area contributed by atoms with Gasteiger partial charge in [-0.25, -0.2) is 13.1 Å². The Hall–Kier alpha value is -1.22. The number of fused-ring (bicyclic) bond motifs is 1. The Morgan fingerprint density at radius 2 is 2.33 bits per heavy atom. The molecule has 0 spiro atoms. The van der Waals surface area contributed by atoms with Gasteiger partial charge in [-0.1, -0.05) is 11.6 Å². The van der Waals surface area contributed by atoms with Crippen LogP contribution in [0.5, 0.6) is 0 Å². The third-order valence-electron chi connectivity index (χ3n) is 3.96. The van der Waals surface area contributed by atoms with Crippen LogP contribution in [0, 0.1) is 11.3 Å². The predicted octanol–water partition coefficient (Wildman–Crippen LogP) is -0.224. The van der Waals surface area contributed by atoms with Gasteiger partial charge < -0.3 is 10.1 Å². The highest BCUT2D eigenvalue weighted by Gasteiger charge is 2.53. The molecule has 21 heavy (non-hydrogen) atoms. The van der Waals surface area contributed by atoms with E-state index in [2.05, 4.69) is 15.0 Å². The third-order valence-corrected chi connectivity index (χ3v) is 5.47. The lowest BCUT2D eigenvalue weighted by molar-refractivity contribution is -0.129. The molecule has 114 valence electrons. The lowest BCUT2D eigenvalue weighted by Gasteiger charge is -2.24. The molecule has 0 aliphatic carbocycles. The lowest BCUT2D eigenvalue weighted by atomic mass is 9.80. The number of hydrogen-bond donors (Lipinski definition) is 2. The first-order valence-corrected chi connectivity index (χ1v) is 8.26. The lowest BCUT2D eigenvalue weighted by Crippen LogP contribution is -2.48. The van der Waals surface area contributed by atoms with Crippen molar-refractivity contribution in [2.45, 2.75) is 4.90 Å². The van der Waals surface area contributed by atoms with E-state index in [0.717, 1.165) is 6.20 Å². The largest absolute Gasteiger partial charge is 0.380 e. The Bertz CT molecular complexity index is 669. The monoisotopic (exact) mass is 331 g/mol. The number of hydrogen-bond acceptors (Lipinski definition) is 6. The molecule has 0 radical (unpaired) electrons. The maximum atomic E-state index is 12.5. The molecular formula is C12H14ClN3O4S. The predicted molar refractivity (Wildman–Crippen MR) is 74.2 cm³/mol. The molecule has 2 saturated heterocycles. The Labute approximate surface area is 127 Å². The average molecular weight is 332 g/mol. The van der Waals surface area contributed by atoms with Gasteiger partial charge in [0.05, 0.1) is 23.7 Å². The fourth-order valence-corrected chi connectivity index (χ4v) is 4.02. The molecule has 0 saturated carbocycles. The second-order valence-corrected chi connectivity index (χ2v) is 7.39. The summed E-state index contributed by atoms with van der Waals surface area (Å²) in [6.07, 6.45) is 2.47. The molecule has 0 unspecified atom stereocenters. The van der Waals surface area contributed by atoms with Crippen molar-refractivity contribution < 1.29 is 17.9 Å². The van der Waals surface area contributed by atoms with Gasteiger partial charge in [-0.2, -0.15) is 0 Å². The summed E-state index contributed by atoms with van der Waals surface area (Å²) in [6, 6.07) is 1.25. The zero-order chi connectivity index (χ0) is 15.1. The Kier molecular flexibility index (Phi) is 3.64. The zero-order valence-electron chi connectivity index (χ0n) is 11.0. The SMILES string of the molecule is O=C(NS(=O)(=O)c1cncc(Cl)c1)[C@]12CNC[C@H]1COC2. The number of carbonyl (C=O) groups excluding carboxylic acids is 1. The van der Waals surface area contributed by atoms with Crippen molar-refractivity contribution >= 4 is 27.5 Å². The minimum Gasteiger partial charge on any atom is -0.380 e. The van der Waals surface area contributed by atoms with Gasteiger partial charge in [0.1, 0.15) is 4.90 Å². The molecule has 1 aromatic rings. The first-order chi connectivity index (χ1) is 9.94. The molecule has 0 bridgehead atoms. The van der Waals surface area contributed by atoms with Crippen LogP contribution in [0.4, 0.5) is 0 Å². The molecule has 1 aromatic heterocycles. The smallest absolute Gasteiger partial charge is 0.265 e. The van der Waals surface area contributed by atoms with E-state index in [-0.39, 0.29) is 22.4 Å². The summed E-state index contributed by atoms with van der Waals surface area (Å²) in [5, 5.41) is 3.30. The minimum absolute atomic E-state index is 0.00909. The van der Waals surface area contributed by atoms with Crippen LogP contribution >= 0.6 is 11.6 Å². The van der Waals surface area contributed by atoms with Gasteiger partial charge in [-0.15, -0.1) is 0 Å². The Morgan fingerprint density at radius 3 is 3.10 bits per heavy atom. The van der Waals surface area contributed by atoms with Crippen molar-refractivity contribution in [2.24, 2.45) is 11.3 Å². The van der Waals surface area contributed by atoms with Crippen LogP contribution in [0.2, 0.25) is 5.02 Å². The fraction of sp³-hybridized carbons (Fsp3) is 0.500. The van der Waals surface area contributed by atoms with Crippen LogP contribution in [0.15, 0.2) is 23.4 Å². The number of rotatable bonds is 3. The van der Waals surface area contributed by atoms with Crippen molar-refractivity contribution in [1.82, 2.24) is 15.0 Å². The highest BCUT2D eigenvalue weighted by Crippen LogP contribution is 2.37. The number of aromatic nitrogens is 1. The van der Waals surface area contributed by atoms with Crippen LogP contribution in [-0.2, 0) is 19.6 Å². The zero-order valence-corrected chi connectivity index (χ0v) is 12.6. The van der Waals surface area contributed by atoms with Gasteiger partial charge in [-0.05, 0) is 6.07 Å². The Morgan fingerprint density at radius 1 is 1.52 bits per heavy atom. The second-order valence-electron chi connectivity index (χ2n) is 5.27. The quantitative estimate of drug-likeness (QED) is 0.794. The van der Waals surface area contributed by atoms with Crippen molar-refractivity contribution in [1.29, 1.82) is 0 Å². The maximum absolute atomic E-state index is 12.5. The van der Waals surface area contributed by atoms with Gasteiger partial charge in [0.2, 0.25) is 5.91 Å². The first-order valence-electron chi connectivity index (χ1n) is 6.40. The topological polar surface area (TPSA) is 97.4 Å². The third kappa shape index (κ3) is 2.52. The molecule has 2 atom stereocenters. The summed E-state index contributed by atoms with van der Waals surface area (Å²) >= 11 is 5.73. The molecular weight excluding hydrogens is 318 g/mol. The number of ether oxygens (including phenoxy) is 1. The number of nitrogens with one attached hydrogen (secondary N) is 2. The first kappa shape index (κ1) is 14.7. The number of sulfonamides is 1. The van der Waals surface area contributed by atoms with E-state index in [1.807, 2.05) is 0 Å². The summed E-state index contributed by atoms with van der Waals surface area (Å²) in [6.45, 7) is 1.73. The van der Waals surface area contributed by atoms with Crippen LogP contribution < -0.4 is 10.0 Å². The van der Waals surface area contributed by atoms with Crippen molar-refractivity contribution in [2.75, 3.05) is 26.3 Å². The number of halogens is 1. The van der Waals surface area contributed by atoms with E-state index in [1.54, 1.807) is 0 Å². The highest BCUT2D eigenvalue weighted by molar-refractivity contribution is 7.90. The number of carbonyl (C=O) groups is 1. The molecule has 7 nitrogen and oxygen atoms in total. The van der Waals surface area contributed by atoms with Gasteiger partial charge in [0.15, 0.2) is 0 Å². The summed E-state index contributed by atoms with van der Waals surface area (Å²) in [5.74, 6) is -0.555. The van der Waals surface area contributed by atoms with E-state index in [4.69, 9.17) is 16.3 Å². The number of nitrogens with zero attached hydrogens (tertiary/aromatic N) is 1. The summed E-state index contributed by atoms with van der Waals surface area (Å²) in [4.78, 5) is 16.0. The second kappa shape index (κ2) is 5.20. The van der Waals surface area contributed by atoms with E-state index < -0.39 is 21.3 Å². The van der Waals surface area contributed by atoms with Crippen LogP contribution in [0.1, 0.15) is 0 Å². The van der Waals surface area contributed by atoms with E-state index in [0.29, 0.717) is 19.7 Å². The molecule has 3 heterocycles. The van der Waals surface area contributed by atoms with Crippen molar-refractivity contribution in [3.05, 3.63) is 23.5 Å². The van der Waals surface area contributed by atoms with E-state index in [9.17, 15) is 13.2 Å². The van der Waals surface area contributed by atoms with Gasteiger partial charge in [0.25, 0.3) is 10.0 Å². The van der Waals surface area contributed by atoms with Crippen LogP contribution in [-0.4, -0.2) is 45.6 Å². The van der Waals surface area contributed by atoms with E-state index in [1.165, 1.54) is 12.3 Å². The van der Waals surface area contributed by atoms with Gasteiger partial charge >= 0.3 is 0 Å². The average Bonchev–Trinajstić information content (AvgIpc) is 2.98. The van der Waals surface area contributed by atoms with Gasteiger partial charge in [0, 0.05) is 31.4 Å². The standard InChI is InChI=1S/C12H14ClN3O4S/c13-9-1-10(4-14-3-9)21(18,19)16-11(17)12-6-15-2-8(12)5-20-7-12/h1,3-4,8,15H,2,5-7H2,(H,16,17)/t8-,12-/m0/s1. The van der Waals surface area contributed by atoms with Gasteiger partial charge in [-0.3, -0.25) is 9.78 Å². The number of pyridine rings is 1. The molecule has 1 amide bonds. The van der Waals surface area contributed by atoms with Crippen LogP contribution in [0.3, 0.4) is 0 Å². The molecule has 2 N–H and O–H groups in total. The highest BCUT2D eigenvalue weighted by atomic mass is 35.5. The molecule has 3 rings (SSSR count). The minimum atomic E-state index is -3.99. The number of amides is 1. The fourth-order valence-electron chi connectivity index (χ4n) is 2.73. The summed E-state index contributed by atoms with van der Waals surface area (Å²) in [7, 11) is -3.99. The summed E-state index contributed by atoms with van der Waals surface area (Å²) in [5.41, 5.74) is -0.820. The van der Waals surface area contributed by atoms with Crippen molar-refractivity contribution in [3.8, 4) is 0 Å². The maximum Gasteiger partial charge on any atom is 0.265 e.